The number of carbonyl (C=O) groups is 1. The maximum Gasteiger partial charge on any atom is 0.240 e. The Morgan fingerprint density at radius 1 is 1.12 bits per heavy atom. The van der Waals surface area contributed by atoms with E-state index in [9.17, 15) is 4.79 Å². The smallest absolute Gasteiger partial charge is 0.240 e. The summed E-state index contributed by atoms with van der Waals surface area (Å²) in [5, 5.41) is 7.87. The van der Waals surface area contributed by atoms with E-state index in [-0.39, 0.29) is 18.3 Å². The second kappa shape index (κ2) is 7.80. The van der Waals surface area contributed by atoms with Gasteiger partial charge in [0, 0.05) is 5.69 Å². The van der Waals surface area contributed by atoms with E-state index in [1.54, 1.807) is 0 Å². The van der Waals surface area contributed by atoms with Crippen LogP contribution in [-0.2, 0) is 24.2 Å². The summed E-state index contributed by atoms with van der Waals surface area (Å²) in [4.78, 5) is 12.6. The molecule has 1 fully saturated rings. The molecule has 0 radical (unpaired) electrons. The van der Waals surface area contributed by atoms with Gasteiger partial charge in [0.1, 0.15) is 0 Å². The standard InChI is InChI=1S/C20H26N4O.ClH/c21-20(12-5-2-6-13-20)19(25)22-14-17-16-10-7-11-18(16)24(23-17)15-8-3-1-4-9-15;/h1,3-4,8-9H,2,5-7,10-14,21H2,(H,22,25);1H. The maximum absolute atomic E-state index is 12.6. The molecule has 5 nitrogen and oxygen atoms in total. The van der Waals surface area contributed by atoms with Crippen molar-refractivity contribution in [3.8, 4) is 5.69 Å². The fourth-order valence-electron chi connectivity index (χ4n) is 4.19. The van der Waals surface area contributed by atoms with Crippen LogP contribution >= 0.6 is 12.4 Å². The zero-order valence-corrected chi connectivity index (χ0v) is 15.9. The van der Waals surface area contributed by atoms with Crippen LogP contribution < -0.4 is 11.1 Å². The number of hydrogen-bond donors (Lipinski definition) is 2. The van der Waals surface area contributed by atoms with Gasteiger partial charge >= 0.3 is 0 Å². The van der Waals surface area contributed by atoms with E-state index < -0.39 is 5.54 Å². The van der Waals surface area contributed by atoms with Crippen molar-refractivity contribution in [3.05, 3.63) is 47.3 Å². The van der Waals surface area contributed by atoms with Gasteiger partial charge in [-0.3, -0.25) is 4.79 Å². The van der Waals surface area contributed by atoms with Gasteiger partial charge < -0.3 is 11.1 Å². The molecule has 1 saturated carbocycles. The van der Waals surface area contributed by atoms with E-state index in [0.29, 0.717) is 6.54 Å². The van der Waals surface area contributed by atoms with E-state index in [2.05, 4.69) is 17.4 Å². The summed E-state index contributed by atoms with van der Waals surface area (Å²) in [5.74, 6) is -0.0202. The molecule has 1 aromatic heterocycles. The number of hydrogen-bond acceptors (Lipinski definition) is 3. The lowest BCUT2D eigenvalue weighted by molar-refractivity contribution is -0.127. The summed E-state index contributed by atoms with van der Waals surface area (Å²) in [7, 11) is 0. The predicted octanol–water partition coefficient (Wildman–Crippen LogP) is 3.06. The average Bonchev–Trinajstić information content (AvgIpc) is 3.24. The molecule has 0 atom stereocenters. The maximum atomic E-state index is 12.6. The van der Waals surface area contributed by atoms with Crippen molar-refractivity contribution in [1.29, 1.82) is 0 Å². The van der Waals surface area contributed by atoms with Gasteiger partial charge in [-0.15, -0.1) is 12.4 Å². The van der Waals surface area contributed by atoms with E-state index in [1.807, 2.05) is 22.9 Å². The Balaban J connectivity index is 0.00000196. The Kier molecular flexibility index (Phi) is 5.68. The number of benzene rings is 1. The highest BCUT2D eigenvalue weighted by Crippen LogP contribution is 2.29. The molecule has 140 valence electrons. The van der Waals surface area contributed by atoms with Gasteiger partial charge in [-0.1, -0.05) is 37.5 Å². The predicted molar refractivity (Wildman–Crippen MR) is 105 cm³/mol. The Hall–Kier alpha value is -1.85. The monoisotopic (exact) mass is 374 g/mol. The van der Waals surface area contributed by atoms with Gasteiger partial charge in [0.05, 0.1) is 23.5 Å². The summed E-state index contributed by atoms with van der Waals surface area (Å²) in [6.45, 7) is 0.472. The number of nitrogens with two attached hydrogens (primary N) is 1. The van der Waals surface area contributed by atoms with Gasteiger partial charge in [0.25, 0.3) is 0 Å². The van der Waals surface area contributed by atoms with Crippen molar-refractivity contribution in [2.75, 3.05) is 0 Å². The van der Waals surface area contributed by atoms with E-state index in [0.717, 1.165) is 56.3 Å². The SMILES string of the molecule is Cl.NC1(C(=O)NCc2nn(-c3ccccc3)c3c2CCC3)CCCCC1. The number of para-hydroxylation sites is 1. The van der Waals surface area contributed by atoms with Crippen LogP contribution in [0.3, 0.4) is 0 Å². The third-order valence-electron chi connectivity index (χ3n) is 5.63. The molecule has 26 heavy (non-hydrogen) atoms. The number of fused-ring (bicyclic) bond motifs is 1. The minimum Gasteiger partial charge on any atom is -0.349 e. The van der Waals surface area contributed by atoms with Crippen molar-refractivity contribution < 1.29 is 4.79 Å². The molecule has 0 aliphatic heterocycles. The lowest BCUT2D eigenvalue weighted by Gasteiger charge is -2.31. The van der Waals surface area contributed by atoms with Crippen LogP contribution in [0.1, 0.15) is 55.5 Å². The van der Waals surface area contributed by atoms with Gasteiger partial charge in [-0.05, 0) is 49.8 Å². The number of nitrogens with zero attached hydrogens (tertiary/aromatic N) is 2. The topological polar surface area (TPSA) is 72.9 Å². The number of halogens is 1. The molecule has 0 saturated heterocycles. The largest absolute Gasteiger partial charge is 0.349 e. The summed E-state index contributed by atoms with van der Waals surface area (Å²) in [6, 6.07) is 10.2. The molecule has 0 bridgehead atoms. The number of rotatable bonds is 4. The summed E-state index contributed by atoms with van der Waals surface area (Å²) < 4.78 is 2.04. The van der Waals surface area contributed by atoms with Gasteiger partial charge in [0.2, 0.25) is 5.91 Å². The normalized spacial score (nSPS) is 18.0. The number of nitrogens with one attached hydrogen (secondary N) is 1. The first-order valence-corrected chi connectivity index (χ1v) is 9.40. The van der Waals surface area contributed by atoms with Crippen molar-refractivity contribution in [3.63, 3.8) is 0 Å². The van der Waals surface area contributed by atoms with E-state index in [4.69, 9.17) is 10.8 Å². The fourth-order valence-corrected chi connectivity index (χ4v) is 4.19. The molecular weight excluding hydrogens is 348 g/mol. The molecular formula is C20H27ClN4O. The Bertz CT molecular complexity index is 766. The first-order valence-electron chi connectivity index (χ1n) is 9.40. The lowest BCUT2D eigenvalue weighted by atomic mass is 9.82. The fraction of sp³-hybridized carbons (Fsp3) is 0.500. The molecule has 6 heteroatoms. The van der Waals surface area contributed by atoms with Crippen LogP contribution in [0.15, 0.2) is 30.3 Å². The van der Waals surface area contributed by atoms with E-state index in [1.165, 1.54) is 17.7 Å². The van der Waals surface area contributed by atoms with Gasteiger partial charge in [-0.2, -0.15) is 5.10 Å². The third-order valence-corrected chi connectivity index (χ3v) is 5.63. The first kappa shape index (κ1) is 18.9. The number of carbonyl (C=O) groups excluding carboxylic acids is 1. The zero-order chi connectivity index (χ0) is 17.3. The summed E-state index contributed by atoms with van der Waals surface area (Å²) in [6.07, 6.45) is 8.09. The zero-order valence-electron chi connectivity index (χ0n) is 15.0. The Labute approximate surface area is 160 Å². The van der Waals surface area contributed by atoms with Gasteiger partial charge in [-0.25, -0.2) is 4.68 Å². The first-order chi connectivity index (χ1) is 12.2. The molecule has 1 aromatic carbocycles. The van der Waals surface area contributed by atoms with Crippen LogP contribution in [0.2, 0.25) is 0 Å². The third kappa shape index (κ3) is 3.51. The highest BCUT2D eigenvalue weighted by Gasteiger charge is 2.35. The van der Waals surface area contributed by atoms with Crippen molar-refractivity contribution >= 4 is 18.3 Å². The number of amides is 1. The average molecular weight is 375 g/mol. The molecule has 1 amide bonds. The van der Waals surface area contributed by atoms with Crippen LogP contribution in [0.25, 0.3) is 5.69 Å². The van der Waals surface area contributed by atoms with Crippen LogP contribution in [0.4, 0.5) is 0 Å². The van der Waals surface area contributed by atoms with Gasteiger partial charge in [0.15, 0.2) is 0 Å². The molecule has 2 aliphatic rings. The van der Waals surface area contributed by atoms with Crippen molar-refractivity contribution in [2.45, 2.75) is 63.5 Å². The lowest BCUT2D eigenvalue weighted by Crippen LogP contribution is -2.54. The van der Waals surface area contributed by atoms with Crippen LogP contribution in [0.5, 0.6) is 0 Å². The second-order valence-corrected chi connectivity index (χ2v) is 7.37. The molecule has 2 aliphatic carbocycles. The molecule has 4 rings (SSSR count). The summed E-state index contributed by atoms with van der Waals surface area (Å²) in [5.41, 5.74) is 10.3. The molecule has 2 aromatic rings. The number of aromatic nitrogens is 2. The van der Waals surface area contributed by atoms with Crippen LogP contribution in [0, 0.1) is 0 Å². The quantitative estimate of drug-likeness (QED) is 0.863. The summed E-state index contributed by atoms with van der Waals surface area (Å²) >= 11 is 0. The Morgan fingerprint density at radius 2 is 1.85 bits per heavy atom. The molecule has 1 heterocycles. The van der Waals surface area contributed by atoms with Crippen LogP contribution in [-0.4, -0.2) is 21.2 Å². The second-order valence-electron chi connectivity index (χ2n) is 7.37. The van der Waals surface area contributed by atoms with Crippen molar-refractivity contribution in [2.24, 2.45) is 5.73 Å². The molecule has 3 N–H and O–H groups in total. The van der Waals surface area contributed by atoms with E-state index >= 15 is 0 Å². The molecule has 0 unspecified atom stereocenters. The minimum absolute atomic E-state index is 0. The highest BCUT2D eigenvalue weighted by atomic mass is 35.5. The molecule has 0 spiro atoms. The minimum atomic E-state index is -0.691. The Morgan fingerprint density at radius 3 is 2.58 bits per heavy atom. The highest BCUT2D eigenvalue weighted by molar-refractivity contribution is 5.86. The van der Waals surface area contributed by atoms with Crippen molar-refractivity contribution in [1.82, 2.24) is 15.1 Å².